The second-order valence-corrected chi connectivity index (χ2v) is 5.90. The third-order valence-corrected chi connectivity index (χ3v) is 4.52. The highest BCUT2D eigenvalue weighted by molar-refractivity contribution is 7.07. The molecule has 0 unspecified atom stereocenters. The first kappa shape index (κ1) is 13.3. The summed E-state index contributed by atoms with van der Waals surface area (Å²) in [6.07, 6.45) is 2.03. The van der Waals surface area contributed by atoms with E-state index in [0.29, 0.717) is 0 Å². The van der Waals surface area contributed by atoms with Crippen molar-refractivity contribution in [3.05, 3.63) is 61.8 Å². The molecular weight excluding hydrogens is 272 g/mol. The maximum atomic E-state index is 10.8. The second kappa shape index (κ2) is 5.73. The topological polar surface area (TPSA) is 46.4 Å². The van der Waals surface area contributed by atoms with Crippen LogP contribution in [0.3, 0.4) is 0 Å². The van der Waals surface area contributed by atoms with Crippen LogP contribution in [0.5, 0.6) is 0 Å². The predicted octanol–water partition coefficient (Wildman–Crippen LogP) is 3.26. The number of non-ortho nitro benzene ring substituents is 1. The summed E-state index contributed by atoms with van der Waals surface area (Å²) in [4.78, 5) is 12.9. The Morgan fingerprint density at radius 3 is 2.95 bits per heavy atom. The molecule has 0 aliphatic carbocycles. The van der Waals surface area contributed by atoms with E-state index in [1.54, 1.807) is 23.5 Å². The smallest absolute Gasteiger partial charge is 0.269 e. The number of hydrogen-bond donors (Lipinski definition) is 0. The number of thiophene rings is 1. The average molecular weight is 288 g/mol. The van der Waals surface area contributed by atoms with E-state index in [0.717, 1.165) is 38.0 Å². The maximum Gasteiger partial charge on any atom is 0.269 e. The Labute approximate surface area is 121 Å². The SMILES string of the molecule is O=[N+]([O-])c1ccc2c(c1)CN(CCc1ccsc1)CC2. The van der Waals surface area contributed by atoms with Gasteiger partial charge in [0, 0.05) is 31.8 Å². The molecule has 0 amide bonds. The number of benzene rings is 1. The summed E-state index contributed by atoms with van der Waals surface area (Å²) in [6, 6.07) is 7.41. The van der Waals surface area contributed by atoms with E-state index in [4.69, 9.17) is 0 Å². The number of hydrogen-bond acceptors (Lipinski definition) is 4. The lowest BCUT2D eigenvalue weighted by Gasteiger charge is -2.28. The first-order chi connectivity index (χ1) is 9.72. The molecule has 104 valence electrons. The molecule has 0 radical (unpaired) electrons. The average Bonchev–Trinajstić information content (AvgIpc) is 2.97. The van der Waals surface area contributed by atoms with Crippen molar-refractivity contribution in [1.29, 1.82) is 0 Å². The Morgan fingerprint density at radius 2 is 2.20 bits per heavy atom. The highest BCUT2D eigenvalue weighted by Gasteiger charge is 2.18. The van der Waals surface area contributed by atoms with Crippen LogP contribution >= 0.6 is 11.3 Å². The lowest BCUT2D eigenvalue weighted by molar-refractivity contribution is -0.385. The molecule has 2 aromatic rings. The van der Waals surface area contributed by atoms with Crippen LogP contribution in [0.25, 0.3) is 0 Å². The molecule has 3 rings (SSSR count). The summed E-state index contributed by atoms with van der Waals surface area (Å²) in [7, 11) is 0. The summed E-state index contributed by atoms with van der Waals surface area (Å²) in [6.45, 7) is 2.87. The Bertz CT molecular complexity index is 610. The molecule has 0 N–H and O–H groups in total. The number of nitro benzene ring substituents is 1. The van der Waals surface area contributed by atoms with Crippen molar-refractivity contribution in [2.45, 2.75) is 19.4 Å². The Kier molecular flexibility index (Phi) is 3.80. The van der Waals surface area contributed by atoms with Crippen LogP contribution in [0.4, 0.5) is 5.69 Å². The highest BCUT2D eigenvalue weighted by atomic mass is 32.1. The largest absolute Gasteiger partial charge is 0.298 e. The molecule has 1 aliphatic rings. The van der Waals surface area contributed by atoms with E-state index >= 15 is 0 Å². The number of nitrogens with zero attached hydrogens (tertiary/aromatic N) is 2. The predicted molar refractivity (Wildman–Crippen MR) is 80.1 cm³/mol. The van der Waals surface area contributed by atoms with Crippen LogP contribution in [-0.2, 0) is 19.4 Å². The van der Waals surface area contributed by atoms with Gasteiger partial charge in [0.2, 0.25) is 0 Å². The van der Waals surface area contributed by atoms with Crippen LogP contribution in [0.2, 0.25) is 0 Å². The molecule has 0 saturated carbocycles. The third-order valence-electron chi connectivity index (χ3n) is 3.79. The van der Waals surface area contributed by atoms with Gasteiger partial charge in [-0.05, 0) is 46.4 Å². The van der Waals surface area contributed by atoms with E-state index in [9.17, 15) is 10.1 Å². The Hall–Kier alpha value is -1.72. The molecule has 20 heavy (non-hydrogen) atoms. The van der Waals surface area contributed by atoms with E-state index in [2.05, 4.69) is 21.7 Å². The van der Waals surface area contributed by atoms with Gasteiger partial charge in [-0.25, -0.2) is 0 Å². The van der Waals surface area contributed by atoms with Crippen molar-refractivity contribution >= 4 is 17.0 Å². The molecule has 4 nitrogen and oxygen atoms in total. The zero-order valence-corrected chi connectivity index (χ0v) is 11.9. The summed E-state index contributed by atoms with van der Waals surface area (Å²) in [5, 5.41) is 15.1. The molecule has 0 saturated heterocycles. The molecule has 0 atom stereocenters. The molecule has 5 heteroatoms. The fourth-order valence-electron chi connectivity index (χ4n) is 2.63. The quantitative estimate of drug-likeness (QED) is 0.641. The number of fused-ring (bicyclic) bond motifs is 1. The standard InChI is InChI=1S/C15H16N2O2S/c18-17(19)15-2-1-13-4-7-16(10-14(13)9-15)6-3-12-5-8-20-11-12/h1-2,5,8-9,11H,3-4,6-7,10H2. The minimum atomic E-state index is -0.315. The molecule has 0 spiro atoms. The highest BCUT2D eigenvalue weighted by Crippen LogP contribution is 2.24. The summed E-state index contributed by atoms with van der Waals surface area (Å²) in [5.41, 5.74) is 3.93. The molecule has 1 aliphatic heterocycles. The van der Waals surface area contributed by atoms with Gasteiger partial charge in [0.05, 0.1) is 4.92 Å². The zero-order chi connectivity index (χ0) is 13.9. The Morgan fingerprint density at radius 1 is 1.30 bits per heavy atom. The van der Waals surface area contributed by atoms with Gasteiger partial charge in [-0.3, -0.25) is 15.0 Å². The normalized spacial score (nSPS) is 15.0. The van der Waals surface area contributed by atoms with Gasteiger partial charge in [-0.15, -0.1) is 0 Å². The zero-order valence-electron chi connectivity index (χ0n) is 11.1. The fourth-order valence-corrected chi connectivity index (χ4v) is 3.33. The summed E-state index contributed by atoms with van der Waals surface area (Å²) >= 11 is 1.73. The van der Waals surface area contributed by atoms with Gasteiger partial charge in [-0.1, -0.05) is 6.07 Å². The molecule has 1 aromatic heterocycles. The van der Waals surface area contributed by atoms with E-state index in [1.165, 1.54) is 11.1 Å². The summed E-state index contributed by atoms with van der Waals surface area (Å²) in [5.74, 6) is 0. The van der Waals surface area contributed by atoms with Crippen LogP contribution in [-0.4, -0.2) is 22.9 Å². The second-order valence-electron chi connectivity index (χ2n) is 5.12. The minimum absolute atomic E-state index is 0.198. The molecule has 1 aromatic carbocycles. The molecule has 0 fully saturated rings. The van der Waals surface area contributed by atoms with Crippen molar-refractivity contribution in [2.24, 2.45) is 0 Å². The maximum absolute atomic E-state index is 10.8. The first-order valence-corrected chi connectivity index (χ1v) is 7.66. The van der Waals surface area contributed by atoms with Crippen LogP contribution in [0.1, 0.15) is 16.7 Å². The van der Waals surface area contributed by atoms with Gasteiger partial charge in [0.1, 0.15) is 0 Å². The van der Waals surface area contributed by atoms with Gasteiger partial charge in [0.25, 0.3) is 5.69 Å². The minimum Gasteiger partial charge on any atom is -0.298 e. The lowest BCUT2D eigenvalue weighted by Crippen LogP contribution is -2.32. The van der Waals surface area contributed by atoms with Gasteiger partial charge < -0.3 is 0 Å². The van der Waals surface area contributed by atoms with E-state index in [1.807, 2.05) is 6.07 Å². The van der Waals surface area contributed by atoms with Crippen molar-refractivity contribution in [3.8, 4) is 0 Å². The lowest BCUT2D eigenvalue weighted by atomic mass is 9.99. The van der Waals surface area contributed by atoms with Crippen molar-refractivity contribution in [2.75, 3.05) is 13.1 Å². The van der Waals surface area contributed by atoms with Crippen molar-refractivity contribution < 1.29 is 4.92 Å². The van der Waals surface area contributed by atoms with E-state index < -0.39 is 0 Å². The van der Waals surface area contributed by atoms with Crippen LogP contribution in [0.15, 0.2) is 35.0 Å². The van der Waals surface area contributed by atoms with Gasteiger partial charge >= 0.3 is 0 Å². The number of nitro groups is 1. The van der Waals surface area contributed by atoms with Crippen LogP contribution < -0.4 is 0 Å². The van der Waals surface area contributed by atoms with Gasteiger partial charge in [-0.2, -0.15) is 11.3 Å². The number of rotatable bonds is 4. The third kappa shape index (κ3) is 2.89. The van der Waals surface area contributed by atoms with Crippen LogP contribution in [0, 0.1) is 10.1 Å². The van der Waals surface area contributed by atoms with Crippen molar-refractivity contribution in [3.63, 3.8) is 0 Å². The summed E-state index contributed by atoms with van der Waals surface area (Å²) < 4.78 is 0. The molecular formula is C15H16N2O2S. The molecule has 2 heterocycles. The first-order valence-electron chi connectivity index (χ1n) is 6.72. The van der Waals surface area contributed by atoms with Crippen molar-refractivity contribution in [1.82, 2.24) is 4.90 Å². The monoisotopic (exact) mass is 288 g/mol. The Balaban J connectivity index is 1.67. The fraction of sp³-hybridized carbons (Fsp3) is 0.333. The molecule has 0 bridgehead atoms. The van der Waals surface area contributed by atoms with Gasteiger partial charge in [0.15, 0.2) is 0 Å². The van der Waals surface area contributed by atoms with E-state index in [-0.39, 0.29) is 10.6 Å².